The molecule has 20 heavy (non-hydrogen) atoms. The second-order valence-corrected chi connectivity index (χ2v) is 4.08. The zero-order valence-corrected chi connectivity index (χ0v) is 12.1. The fourth-order valence-electron chi connectivity index (χ4n) is 1.62. The SMILES string of the molecule is COCCCNC(=O)/C=C/c1cc(OC)ccc1OC. The molecule has 5 nitrogen and oxygen atoms in total. The van der Waals surface area contributed by atoms with E-state index < -0.39 is 0 Å². The Kier molecular flexibility index (Phi) is 7.21. The number of amides is 1. The highest BCUT2D eigenvalue weighted by molar-refractivity contribution is 5.92. The van der Waals surface area contributed by atoms with Crippen molar-refractivity contribution >= 4 is 12.0 Å². The van der Waals surface area contributed by atoms with E-state index in [1.54, 1.807) is 39.5 Å². The van der Waals surface area contributed by atoms with E-state index in [0.29, 0.717) is 24.7 Å². The van der Waals surface area contributed by atoms with Crippen molar-refractivity contribution in [1.29, 1.82) is 0 Å². The Labute approximate surface area is 119 Å². The molecule has 0 unspecified atom stereocenters. The van der Waals surface area contributed by atoms with Gasteiger partial charge in [-0.25, -0.2) is 0 Å². The van der Waals surface area contributed by atoms with Crippen molar-refractivity contribution < 1.29 is 19.0 Å². The van der Waals surface area contributed by atoms with Gasteiger partial charge in [0, 0.05) is 31.9 Å². The first-order chi connectivity index (χ1) is 9.71. The lowest BCUT2D eigenvalue weighted by molar-refractivity contribution is -0.116. The van der Waals surface area contributed by atoms with Gasteiger partial charge in [0.15, 0.2) is 0 Å². The molecule has 1 rings (SSSR count). The lowest BCUT2D eigenvalue weighted by atomic mass is 10.1. The first kappa shape index (κ1) is 16.0. The number of carbonyl (C=O) groups is 1. The molecule has 0 bridgehead atoms. The fraction of sp³-hybridized carbons (Fsp3) is 0.400. The third-order valence-electron chi connectivity index (χ3n) is 2.68. The summed E-state index contributed by atoms with van der Waals surface area (Å²) in [5.74, 6) is 1.26. The molecule has 1 aromatic rings. The molecule has 1 aromatic carbocycles. The highest BCUT2D eigenvalue weighted by Gasteiger charge is 2.02. The standard InChI is InChI=1S/C15H21NO4/c1-18-10-4-9-16-15(17)8-5-12-11-13(19-2)6-7-14(12)20-3/h5-8,11H,4,9-10H2,1-3H3,(H,16,17)/b8-5+. The normalized spacial score (nSPS) is 10.6. The fourth-order valence-corrected chi connectivity index (χ4v) is 1.62. The summed E-state index contributed by atoms with van der Waals surface area (Å²) >= 11 is 0. The maximum absolute atomic E-state index is 11.6. The molecule has 0 fully saturated rings. The van der Waals surface area contributed by atoms with Crippen molar-refractivity contribution in [3.63, 3.8) is 0 Å². The van der Waals surface area contributed by atoms with Crippen molar-refractivity contribution in [3.05, 3.63) is 29.8 Å². The molecule has 1 amide bonds. The van der Waals surface area contributed by atoms with Gasteiger partial charge in [-0.3, -0.25) is 4.79 Å². The number of carbonyl (C=O) groups excluding carboxylic acids is 1. The van der Waals surface area contributed by atoms with Crippen molar-refractivity contribution in [2.24, 2.45) is 0 Å². The molecular formula is C15H21NO4. The van der Waals surface area contributed by atoms with Gasteiger partial charge in [0.2, 0.25) is 5.91 Å². The number of rotatable bonds is 8. The van der Waals surface area contributed by atoms with Crippen LogP contribution in [0.25, 0.3) is 6.08 Å². The van der Waals surface area contributed by atoms with E-state index in [2.05, 4.69) is 5.32 Å². The lowest BCUT2D eigenvalue weighted by Crippen LogP contribution is -2.22. The van der Waals surface area contributed by atoms with E-state index in [-0.39, 0.29) is 5.91 Å². The Hall–Kier alpha value is -2.01. The van der Waals surface area contributed by atoms with E-state index in [0.717, 1.165) is 12.0 Å². The van der Waals surface area contributed by atoms with Crippen LogP contribution < -0.4 is 14.8 Å². The Morgan fingerprint density at radius 2 is 2.05 bits per heavy atom. The molecule has 5 heteroatoms. The quantitative estimate of drug-likeness (QED) is 0.583. The Balaban J connectivity index is 2.61. The van der Waals surface area contributed by atoms with E-state index in [1.165, 1.54) is 6.08 Å². The van der Waals surface area contributed by atoms with Crippen molar-refractivity contribution in [2.45, 2.75) is 6.42 Å². The third kappa shape index (κ3) is 5.32. The van der Waals surface area contributed by atoms with Gasteiger partial charge in [-0.05, 0) is 30.7 Å². The maximum atomic E-state index is 11.6. The van der Waals surface area contributed by atoms with Crippen LogP contribution in [0.1, 0.15) is 12.0 Å². The van der Waals surface area contributed by atoms with Crippen molar-refractivity contribution in [1.82, 2.24) is 5.32 Å². The van der Waals surface area contributed by atoms with Crippen LogP contribution in [0, 0.1) is 0 Å². The molecule has 0 aliphatic heterocycles. The molecular weight excluding hydrogens is 258 g/mol. The molecule has 0 aliphatic rings. The van der Waals surface area contributed by atoms with E-state index in [1.807, 2.05) is 6.07 Å². The van der Waals surface area contributed by atoms with Gasteiger partial charge in [-0.1, -0.05) is 0 Å². The molecule has 0 saturated heterocycles. The van der Waals surface area contributed by atoms with E-state index in [9.17, 15) is 4.79 Å². The van der Waals surface area contributed by atoms with Crippen LogP contribution in [-0.2, 0) is 9.53 Å². The van der Waals surface area contributed by atoms with Crippen LogP contribution in [-0.4, -0.2) is 40.4 Å². The Morgan fingerprint density at radius 1 is 1.25 bits per heavy atom. The van der Waals surface area contributed by atoms with Crippen LogP contribution in [0.2, 0.25) is 0 Å². The molecule has 0 spiro atoms. The van der Waals surface area contributed by atoms with Gasteiger partial charge in [-0.2, -0.15) is 0 Å². The Morgan fingerprint density at radius 3 is 2.70 bits per heavy atom. The Bertz CT molecular complexity index is 457. The van der Waals surface area contributed by atoms with Crippen LogP contribution in [0.4, 0.5) is 0 Å². The third-order valence-corrected chi connectivity index (χ3v) is 2.68. The van der Waals surface area contributed by atoms with Gasteiger partial charge in [-0.15, -0.1) is 0 Å². The minimum Gasteiger partial charge on any atom is -0.497 e. The smallest absolute Gasteiger partial charge is 0.244 e. The van der Waals surface area contributed by atoms with Gasteiger partial charge in [0.25, 0.3) is 0 Å². The number of hydrogen-bond acceptors (Lipinski definition) is 4. The molecule has 0 radical (unpaired) electrons. The predicted molar refractivity (Wildman–Crippen MR) is 78.1 cm³/mol. The second-order valence-electron chi connectivity index (χ2n) is 4.08. The topological polar surface area (TPSA) is 56.8 Å². The minimum absolute atomic E-state index is 0.147. The minimum atomic E-state index is -0.147. The first-order valence-electron chi connectivity index (χ1n) is 6.38. The number of methoxy groups -OCH3 is 3. The highest BCUT2D eigenvalue weighted by Crippen LogP contribution is 2.24. The number of hydrogen-bond donors (Lipinski definition) is 1. The average Bonchev–Trinajstić information content (AvgIpc) is 2.49. The molecule has 1 N–H and O–H groups in total. The molecule has 110 valence electrons. The predicted octanol–water partition coefficient (Wildman–Crippen LogP) is 1.87. The average molecular weight is 279 g/mol. The molecule has 0 aliphatic carbocycles. The number of nitrogens with one attached hydrogen (secondary N) is 1. The summed E-state index contributed by atoms with van der Waals surface area (Å²) in [5, 5.41) is 2.78. The summed E-state index contributed by atoms with van der Waals surface area (Å²) in [5.41, 5.74) is 0.791. The molecule has 0 heterocycles. The monoisotopic (exact) mass is 279 g/mol. The number of benzene rings is 1. The van der Waals surface area contributed by atoms with Crippen molar-refractivity contribution in [2.75, 3.05) is 34.5 Å². The largest absolute Gasteiger partial charge is 0.497 e. The molecule has 0 saturated carbocycles. The maximum Gasteiger partial charge on any atom is 0.244 e. The summed E-state index contributed by atoms with van der Waals surface area (Å²) in [7, 11) is 4.82. The van der Waals surface area contributed by atoms with Gasteiger partial charge in [0.1, 0.15) is 11.5 Å². The van der Waals surface area contributed by atoms with Crippen LogP contribution >= 0.6 is 0 Å². The number of ether oxygens (including phenoxy) is 3. The first-order valence-corrected chi connectivity index (χ1v) is 6.38. The van der Waals surface area contributed by atoms with E-state index in [4.69, 9.17) is 14.2 Å². The lowest BCUT2D eigenvalue weighted by Gasteiger charge is -2.07. The zero-order chi connectivity index (χ0) is 14.8. The highest BCUT2D eigenvalue weighted by atomic mass is 16.5. The van der Waals surface area contributed by atoms with Crippen molar-refractivity contribution in [3.8, 4) is 11.5 Å². The summed E-state index contributed by atoms with van der Waals surface area (Å²) in [6.07, 6.45) is 3.97. The second kappa shape index (κ2) is 8.98. The summed E-state index contributed by atoms with van der Waals surface area (Å²) in [6.45, 7) is 1.22. The van der Waals surface area contributed by atoms with Crippen LogP contribution in [0.3, 0.4) is 0 Å². The van der Waals surface area contributed by atoms with Crippen LogP contribution in [0.5, 0.6) is 11.5 Å². The van der Waals surface area contributed by atoms with E-state index >= 15 is 0 Å². The molecule has 0 aromatic heterocycles. The summed E-state index contributed by atoms with van der Waals surface area (Å²) < 4.78 is 15.3. The van der Waals surface area contributed by atoms with Gasteiger partial charge >= 0.3 is 0 Å². The van der Waals surface area contributed by atoms with Gasteiger partial charge in [0.05, 0.1) is 14.2 Å². The summed E-state index contributed by atoms with van der Waals surface area (Å²) in [6, 6.07) is 5.42. The molecule has 0 atom stereocenters. The zero-order valence-electron chi connectivity index (χ0n) is 12.1. The van der Waals surface area contributed by atoms with Crippen LogP contribution in [0.15, 0.2) is 24.3 Å². The van der Waals surface area contributed by atoms with Gasteiger partial charge < -0.3 is 19.5 Å². The summed E-state index contributed by atoms with van der Waals surface area (Å²) in [4.78, 5) is 11.6.